The number of amides is 1. The molecule has 0 saturated carbocycles. The average molecular weight is 371 g/mol. The first-order valence-corrected chi connectivity index (χ1v) is 9.58. The SMILES string of the molecule is CCC1CCN(c2nc(-c3ccco3)c3c(N)c(C(N)=O)sc3n2)CC1. The molecule has 7 nitrogen and oxygen atoms in total. The quantitative estimate of drug-likeness (QED) is 0.728. The minimum atomic E-state index is -0.554. The van der Waals surface area contributed by atoms with Crippen molar-refractivity contribution in [2.75, 3.05) is 23.7 Å². The molecule has 0 atom stereocenters. The smallest absolute Gasteiger partial charge is 0.260 e. The number of furan rings is 1. The molecule has 0 unspecified atom stereocenters. The summed E-state index contributed by atoms with van der Waals surface area (Å²) in [5, 5.41) is 0.631. The number of nitrogens with zero attached hydrogens (tertiary/aromatic N) is 3. The Balaban J connectivity index is 1.84. The first kappa shape index (κ1) is 16.8. The van der Waals surface area contributed by atoms with Gasteiger partial charge in [-0.25, -0.2) is 9.97 Å². The lowest BCUT2D eigenvalue weighted by Crippen LogP contribution is -2.34. The van der Waals surface area contributed by atoms with Crippen LogP contribution in [-0.4, -0.2) is 29.0 Å². The molecule has 3 aromatic rings. The van der Waals surface area contributed by atoms with Crippen LogP contribution in [-0.2, 0) is 0 Å². The zero-order chi connectivity index (χ0) is 18.3. The number of carbonyl (C=O) groups is 1. The Kier molecular flexibility index (Phi) is 4.28. The van der Waals surface area contributed by atoms with E-state index in [0.29, 0.717) is 38.2 Å². The first-order valence-electron chi connectivity index (χ1n) is 8.77. The molecule has 4 rings (SSSR count). The van der Waals surface area contributed by atoms with Crippen LogP contribution < -0.4 is 16.4 Å². The Morgan fingerprint density at radius 3 is 2.77 bits per heavy atom. The molecule has 1 aliphatic rings. The van der Waals surface area contributed by atoms with Crippen LogP contribution in [0.25, 0.3) is 21.7 Å². The molecule has 136 valence electrons. The van der Waals surface area contributed by atoms with Crippen LogP contribution in [0.4, 0.5) is 11.6 Å². The number of rotatable bonds is 4. The van der Waals surface area contributed by atoms with E-state index in [2.05, 4.69) is 16.8 Å². The molecule has 0 aliphatic carbocycles. The second-order valence-corrected chi connectivity index (χ2v) is 7.58. The predicted octanol–water partition coefficient (Wildman–Crippen LogP) is 3.26. The largest absolute Gasteiger partial charge is 0.463 e. The van der Waals surface area contributed by atoms with Crippen molar-refractivity contribution in [3.63, 3.8) is 0 Å². The summed E-state index contributed by atoms with van der Waals surface area (Å²) < 4.78 is 5.55. The lowest BCUT2D eigenvalue weighted by atomic mass is 9.95. The lowest BCUT2D eigenvalue weighted by Gasteiger charge is -2.31. The maximum atomic E-state index is 11.7. The molecule has 8 heteroatoms. The molecule has 1 aliphatic heterocycles. The van der Waals surface area contributed by atoms with Crippen LogP contribution in [0.2, 0.25) is 0 Å². The third-order valence-corrected chi connectivity index (χ3v) is 6.14. The Hall–Kier alpha value is -2.61. The highest BCUT2D eigenvalue weighted by Crippen LogP contribution is 2.39. The van der Waals surface area contributed by atoms with Crippen LogP contribution >= 0.6 is 11.3 Å². The number of nitrogens with two attached hydrogens (primary N) is 2. The van der Waals surface area contributed by atoms with Gasteiger partial charge in [-0.1, -0.05) is 13.3 Å². The second-order valence-electron chi connectivity index (χ2n) is 6.58. The first-order chi connectivity index (χ1) is 12.6. The molecule has 4 N–H and O–H groups in total. The summed E-state index contributed by atoms with van der Waals surface area (Å²) >= 11 is 1.21. The van der Waals surface area contributed by atoms with Crippen LogP contribution in [0.5, 0.6) is 0 Å². The number of primary amides is 1. The second kappa shape index (κ2) is 6.60. The topological polar surface area (TPSA) is 111 Å². The van der Waals surface area contributed by atoms with E-state index in [1.807, 2.05) is 6.07 Å². The van der Waals surface area contributed by atoms with Gasteiger partial charge in [0.15, 0.2) is 5.76 Å². The Morgan fingerprint density at radius 1 is 1.38 bits per heavy atom. The summed E-state index contributed by atoms with van der Waals surface area (Å²) in [4.78, 5) is 24.3. The van der Waals surface area contributed by atoms with Gasteiger partial charge in [-0.15, -0.1) is 11.3 Å². The van der Waals surface area contributed by atoms with Crippen molar-refractivity contribution < 1.29 is 9.21 Å². The van der Waals surface area contributed by atoms with E-state index >= 15 is 0 Å². The molecule has 0 radical (unpaired) electrons. The van der Waals surface area contributed by atoms with Gasteiger partial charge in [0.1, 0.15) is 15.4 Å². The molecule has 26 heavy (non-hydrogen) atoms. The lowest BCUT2D eigenvalue weighted by molar-refractivity contribution is 0.100. The summed E-state index contributed by atoms with van der Waals surface area (Å²) in [5.41, 5.74) is 12.6. The Morgan fingerprint density at radius 2 is 2.15 bits per heavy atom. The third kappa shape index (κ3) is 2.80. The van der Waals surface area contributed by atoms with Crippen LogP contribution in [0.1, 0.15) is 35.9 Å². The van der Waals surface area contributed by atoms with Gasteiger partial charge in [-0.2, -0.15) is 0 Å². The number of aromatic nitrogens is 2. The van der Waals surface area contributed by atoms with E-state index in [-0.39, 0.29) is 0 Å². The molecule has 4 heterocycles. The zero-order valence-electron chi connectivity index (χ0n) is 14.6. The highest BCUT2D eigenvalue weighted by Gasteiger charge is 2.25. The fourth-order valence-electron chi connectivity index (χ4n) is 3.47. The molecule has 1 amide bonds. The number of nitrogen functional groups attached to an aromatic ring is 1. The van der Waals surface area contributed by atoms with E-state index in [1.165, 1.54) is 17.8 Å². The van der Waals surface area contributed by atoms with Gasteiger partial charge in [0.25, 0.3) is 5.91 Å². The van der Waals surface area contributed by atoms with E-state index in [4.69, 9.17) is 20.9 Å². The van der Waals surface area contributed by atoms with Gasteiger partial charge in [0.2, 0.25) is 5.95 Å². The van der Waals surface area contributed by atoms with Gasteiger partial charge >= 0.3 is 0 Å². The van der Waals surface area contributed by atoms with Crippen molar-refractivity contribution >= 4 is 39.1 Å². The van der Waals surface area contributed by atoms with Gasteiger partial charge in [0, 0.05) is 13.1 Å². The Bertz CT molecular complexity index is 942. The third-order valence-electron chi connectivity index (χ3n) is 5.03. The number of carbonyl (C=O) groups excluding carboxylic acids is 1. The van der Waals surface area contributed by atoms with Crippen molar-refractivity contribution in [2.24, 2.45) is 11.7 Å². The predicted molar refractivity (Wildman–Crippen MR) is 103 cm³/mol. The van der Waals surface area contributed by atoms with Crippen molar-refractivity contribution in [1.82, 2.24) is 9.97 Å². The maximum absolute atomic E-state index is 11.7. The van der Waals surface area contributed by atoms with E-state index < -0.39 is 5.91 Å². The summed E-state index contributed by atoms with van der Waals surface area (Å²) in [6.45, 7) is 4.08. The summed E-state index contributed by atoms with van der Waals surface area (Å²) in [7, 11) is 0. The molecular weight excluding hydrogens is 350 g/mol. The minimum Gasteiger partial charge on any atom is -0.463 e. The molecule has 1 fully saturated rings. The molecule has 1 saturated heterocycles. The highest BCUT2D eigenvalue weighted by atomic mass is 32.1. The standard InChI is InChI=1S/C18H21N5O2S/c1-2-10-5-7-23(8-6-10)18-21-14(11-4-3-9-25-11)12-13(19)15(16(20)24)26-17(12)22-18/h3-4,9-10H,2,5-8,19H2,1H3,(H2,20,24). The van der Waals surface area contributed by atoms with Gasteiger partial charge in [-0.05, 0) is 30.9 Å². The average Bonchev–Trinajstić information content (AvgIpc) is 3.29. The minimum absolute atomic E-state index is 0.309. The Labute approximate surface area is 155 Å². The molecular formula is C18H21N5O2S. The van der Waals surface area contributed by atoms with Crippen molar-refractivity contribution in [3.05, 3.63) is 23.3 Å². The molecule has 0 spiro atoms. The normalized spacial score (nSPS) is 15.7. The zero-order valence-corrected chi connectivity index (χ0v) is 15.4. The number of hydrogen-bond acceptors (Lipinski definition) is 7. The fraction of sp³-hybridized carbons (Fsp3) is 0.389. The molecule has 0 aromatic carbocycles. The summed E-state index contributed by atoms with van der Waals surface area (Å²) in [5.74, 6) is 1.46. The highest BCUT2D eigenvalue weighted by molar-refractivity contribution is 7.21. The molecule has 3 aromatic heterocycles. The number of anilines is 2. The monoisotopic (exact) mass is 371 g/mol. The summed E-state index contributed by atoms with van der Waals surface area (Å²) in [6, 6.07) is 3.63. The van der Waals surface area contributed by atoms with Gasteiger partial charge < -0.3 is 20.8 Å². The van der Waals surface area contributed by atoms with Crippen molar-refractivity contribution in [3.8, 4) is 11.5 Å². The van der Waals surface area contributed by atoms with E-state index in [9.17, 15) is 4.79 Å². The van der Waals surface area contributed by atoms with Gasteiger partial charge in [0.05, 0.1) is 17.3 Å². The fourth-order valence-corrected chi connectivity index (χ4v) is 4.41. The van der Waals surface area contributed by atoms with Crippen LogP contribution in [0.15, 0.2) is 22.8 Å². The maximum Gasteiger partial charge on any atom is 0.260 e. The molecule has 0 bridgehead atoms. The van der Waals surface area contributed by atoms with E-state index in [0.717, 1.165) is 31.8 Å². The number of piperidine rings is 1. The van der Waals surface area contributed by atoms with Gasteiger partial charge in [-0.3, -0.25) is 4.79 Å². The van der Waals surface area contributed by atoms with Crippen LogP contribution in [0, 0.1) is 5.92 Å². The number of thiophene rings is 1. The summed E-state index contributed by atoms with van der Waals surface area (Å²) in [6.07, 6.45) is 5.06. The van der Waals surface area contributed by atoms with Crippen molar-refractivity contribution in [2.45, 2.75) is 26.2 Å². The van der Waals surface area contributed by atoms with E-state index in [1.54, 1.807) is 12.3 Å². The number of fused-ring (bicyclic) bond motifs is 1. The number of hydrogen-bond donors (Lipinski definition) is 2. The van der Waals surface area contributed by atoms with Crippen molar-refractivity contribution in [1.29, 1.82) is 0 Å². The van der Waals surface area contributed by atoms with Crippen LogP contribution in [0.3, 0.4) is 0 Å².